The maximum Gasteiger partial charge on any atom is 0.268 e. The second kappa shape index (κ2) is 9.31. The van der Waals surface area contributed by atoms with Gasteiger partial charge in [-0.05, 0) is 73.9 Å². The molecular weight excluding hydrogens is 454 g/mol. The van der Waals surface area contributed by atoms with Crippen LogP contribution >= 0.6 is 0 Å². The third-order valence-corrected chi connectivity index (χ3v) is 8.64. The van der Waals surface area contributed by atoms with E-state index >= 15 is 0 Å². The molecule has 3 aromatic carbocycles. The van der Waals surface area contributed by atoms with Crippen molar-refractivity contribution in [1.82, 2.24) is 3.97 Å². The van der Waals surface area contributed by atoms with Crippen molar-refractivity contribution in [3.8, 4) is 11.3 Å². The summed E-state index contributed by atoms with van der Waals surface area (Å²) < 4.78 is 30.1. The van der Waals surface area contributed by atoms with Crippen LogP contribution < -0.4 is 0 Å². The van der Waals surface area contributed by atoms with E-state index in [9.17, 15) is 13.2 Å². The number of aryl methyl sites for hydroxylation is 1. The molecule has 0 saturated heterocycles. The fourth-order valence-electron chi connectivity index (χ4n) is 5.06. The predicted octanol–water partition coefficient (Wildman–Crippen LogP) is 6.37. The van der Waals surface area contributed by atoms with Gasteiger partial charge in [-0.15, -0.1) is 0 Å². The molecule has 0 radical (unpaired) electrons. The van der Waals surface area contributed by atoms with E-state index in [0.29, 0.717) is 16.9 Å². The van der Waals surface area contributed by atoms with E-state index in [1.54, 1.807) is 23.0 Å². The van der Waals surface area contributed by atoms with E-state index in [2.05, 4.69) is 0 Å². The van der Waals surface area contributed by atoms with Crippen molar-refractivity contribution in [2.45, 2.75) is 50.8 Å². The minimum absolute atomic E-state index is 0.0191. The molecule has 1 heterocycles. The molecule has 0 fully saturated rings. The normalized spacial score (nSPS) is 13.4. The number of Topliss-reactive ketones (excluding diaryl/α,β-unsaturated/α-hetero) is 1. The molecule has 1 aliphatic rings. The van der Waals surface area contributed by atoms with E-state index in [4.69, 9.17) is 0 Å². The third kappa shape index (κ3) is 4.37. The van der Waals surface area contributed by atoms with E-state index < -0.39 is 10.0 Å². The van der Waals surface area contributed by atoms with Crippen LogP contribution in [0.2, 0.25) is 0 Å². The highest BCUT2D eigenvalue weighted by Gasteiger charge is 2.32. The molecule has 0 saturated carbocycles. The van der Waals surface area contributed by atoms with Gasteiger partial charge in [0.25, 0.3) is 10.0 Å². The predicted molar refractivity (Wildman–Crippen MR) is 140 cm³/mol. The highest BCUT2D eigenvalue weighted by Crippen LogP contribution is 2.40. The number of aromatic nitrogens is 1. The van der Waals surface area contributed by atoms with Gasteiger partial charge in [0.1, 0.15) is 0 Å². The van der Waals surface area contributed by atoms with Crippen LogP contribution in [0.1, 0.15) is 58.1 Å². The topological polar surface area (TPSA) is 56.1 Å². The lowest BCUT2D eigenvalue weighted by Crippen LogP contribution is -2.18. The van der Waals surface area contributed by atoms with Gasteiger partial charge in [-0.2, -0.15) is 0 Å². The molecule has 0 N–H and O–H groups in total. The van der Waals surface area contributed by atoms with Crippen LogP contribution in [-0.2, 0) is 29.3 Å². The summed E-state index contributed by atoms with van der Waals surface area (Å²) in [5, 5.41) is 0. The molecule has 5 heteroatoms. The van der Waals surface area contributed by atoms with Crippen LogP contribution in [0.5, 0.6) is 0 Å². The largest absolute Gasteiger partial charge is 0.295 e. The standard InChI is InChI=1S/C30H29NO3S/c1-21-12-18-26(19-13-21)35(33,34)31-29(20-23-14-16-24(17-15-23)22(2)32)27-10-6-7-11-28(27)30(31)25-8-4-3-5-9-25/h3-5,8-9,12-19H,6-7,10-11,20H2,1-2H3. The van der Waals surface area contributed by atoms with Gasteiger partial charge in [-0.1, -0.05) is 72.3 Å². The molecule has 0 atom stereocenters. The minimum Gasteiger partial charge on any atom is -0.295 e. The Morgan fingerprint density at radius 3 is 2.09 bits per heavy atom. The average Bonchev–Trinajstić information content (AvgIpc) is 3.20. The number of rotatable bonds is 6. The van der Waals surface area contributed by atoms with Crippen LogP contribution in [0.3, 0.4) is 0 Å². The van der Waals surface area contributed by atoms with Crippen LogP contribution in [0, 0.1) is 6.92 Å². The molecule has 5 rings (SSSR count). The first-order valence-electron chi connectivity index (χ1n) is 12.1. The number of nitrogens with zero attached hydrogens (tertiary/aromatic N) is 1. The summed E-state index contributed by atoms with van der Waals surface area (Å²) in [7, 11) is -3.84. The van der Waals surface area contributed by atoms with Crippen molar-refractivity contribution in [2.75, 3.05) is 0 Å². The number of hydrogen-bond acceptors (Lipinski definition) is 3. The maximum atomic E-state index is 14.2. The summed E-state index contributed by atoms with van der Waals surface area (Å²) in [5.74, 6) is 0.0191. The molecule has 178 valence electrons. The number of benzene rings is 3. The van der Waals surface area contributed by atoms with Crippen molar-refractivity contribution in [3.05, 3.63) is 112 Å². The van der Waals surface area contributed by atoms with Gasteiger partial charge < -0.3 is 0 Å². The second-order valence-corrected chi connectivity index (χ2v) is 11.1. The van der Waals surface area contributed by atoms with Crippen molar-refractivity contribution < 1.29 is 13.2 Å². The van der Waals surface area contributed by atoms with Crippen molar-refractivity contribution in [1.29, 1.82) is 0 Å². The molecule has 1 aromatic heterocycles. The molecule has 1 aliphatic carbocycles. The van der Waals surface area contributed by atoms with Gasteiger partial charge in [0, 0.05) is 17.7 Å². The Hall–Kier alpha value is -3.44. The van der Waals surface area contributed by atoms with E-state index in [1.165, 1.54) is 0 Å². The molecule has 0 amide bonds. The highest BCUT2D eigenvalue weighted by atomic mass is 32.2. The van der Waals surface area contributed by atoms with E-state index in [1.807, 2.05) is 73.7 Å². The Morgan fingerprint density at radius 1 is 0.829 bits per heavy atom. The summed E-state index contributed by atoms with van der Waals surface area (Å²) in [5.41, 5.74) is 7.49. The zero-order valence-corrected chi connectivity index (χ0v) is 20.9. The molecule has 0 bridgehead atoms. The molecule has 35 heavy (non-hydrogen) atoms. The average molecular weight is 484 g/mol. The Bertz CT molecular complexity index is 1480. The second-order valence-electron chi connectivity index (χ2n) is 9.34. The van der Waals surface area contributed by atoms with Gasteiger partial charge >= 0.3 is 0 Å². The molecular formula is C30H29NO3S. The third-order valence-electron chi connectivity index (χ3n) is 6.89. The van der Waals surface area contributed by atoms with Gasteiger partial charge in [0.2, 0.25) is 0 Å². The number of fused-ring (bicyclic) bond motifs is 1. The summed E-state index contributed by atoms with van der Waals surface area (Å²) >= 11 is 0. The summed E-state index contributed by atoms with van der Waals surface area (Å²) in [6.45, 7) is 3.51. The fraction of sp³-hybridized carbons (Fsp3) is 0.233. The minimum atomic E-state index is -3.84. The van der Waals surface area contributed by atoms with Gasteiger partial charge in [-0.25, -0.2) is 12.4 Å². The molecule has 0 aliphatic heterocycles. The SMILES string of the molecule is CC(=O)c1ccc(Cc2c3c(c(-c4ccccc4)n2S(=O)(=O)c2ccc(C)cc2)CCCC3)cc1. The molecule has 4 nitrogen and oxygen atoms in total. The van der Waals surface area contributed by atoms with Crippen LogP contribution in [0.4, 0.5) is 0 Å². The Labute approximate surface area is 207 Å². The smallest absolute Gasteiger partial charge is 0.268 e. The molecule has 0 unspecified atom stereocenters. The molecule has 0 spiro atoms. The fourth-order valence-corrected chi connectivity index (χ4v) is 6.67. The number of carbonyl (C=O) groups excluding carboxylic acids is 1. The quantitative estimate of drug-likeness (QED) is 0.299. The first kappa shape index (κ1) is 23.3. The lowest BCUT2D eigenvalue weighted by molar-refractivity contribution is 0.101. The van der Waals surface area contributed by atoms with Gasteiger partial charge in [-0.3, -0.25) is 4.79 Å². The number of ketones is 1. The zero-order chi connectivity index (χ0) is 24.6. The van der Waals surface area contributed by atoms with E-state index in [0.717, 1.165) is 64.9 Å². The Balaban J connectivity index is 1.76. The highest BCUT2D eigenvalue weighted by molar-refractivity contribution is 7.90. The lowest BCUT2D eigenvalue weighted by atomic mass is 9.89. The van der Waals surface area contributed by atoms with Crippen molar-refractivity contribution >= 4 is 15.8 Å². The number of carbonyl (C=O) groups is 1. The van der Waals surface area contributed by atoms with Crippen LogP contribution in [0.15, 0.2) is 83.8 Å². The van der Waals surface area contributed by atoms with Crippen molar-refractivity contribution in [3.63, 3.8) is 0 Å². The summed E-state index contributed by atoms with van der Waals surface area (Å²) in [4.78, 5) is 12.0. The van der Waals surface area contributed by atoms with Crippen molar-refractivity contribution in [2.24, 2.45) is 0 Å². The first-order valence-corrected chi connectivity index (χ1v) is 13.5. The zero-order valence-electron chi connectivity index (χ0n) is 20.1. The van der Waals surface area contributed by atoms with Gasteiger partial charge in [0.05, 0.1) is 10.6 Å². The first-order chi connectivity index (χ1) is 16.9. The molecule has 4 aromatic rings. The lowest BCUT2D eigenvalue weighted by Gasteiger charge is -2.16. The van der Waals surface area contributed by atoms with Gasteiger partial charge in [0.15, 0.2) is 5.78 Å². The van der Waals surface area contributed by atoms with Crippen LogP contribution in [0.25, 0.3) is 11.3 Å². The monoisotopic (exact) mass is 483 g/mol. The summed E-state index contributed by atoms with van der Waals surface area (Å²) in [6.07, 6.45) is 4.32. The summed E-state index contributed by atoms with van der Waals surface area (Å²) in [6, 6.07) is 24.5. The Kier molecular flexibility index (Phi) is 6.20. The van der Waals surface area contributed by atoms with Crippen LogP contribution in [-0.4, -0.2) is 18.2 Å². The maximum absolute atomic E-state index is 14.2. The number of hydrogen-bond donors (Lipinski definition) is 0. The van der Waals surface area contributed by atoms with E-state index in [-0.39, 0.29) is 5.78 Å². The Morgan fingerprint density at radius 2 is 1.46 bits per heavy atom.